The lowest BCUT2D eigenvalue weighted by Crippen LogP contribution is -3.00. The molecule has 0 radical (unpaired) electrons. The molecule has 8 heteroatoms. The summed E-state index contributed by atoms with van der Waals surface area (Å²) in [5, 5.41) is 42.3. The molecule has 0 aromatic heterocycles. The number of nitrogens with zero attached hydrogens (tertiary/aromatic N) is 1. The van der Waals surface area contributed by atoms with E-state index in [4.69, 9.17) is 5.21 Å². The molecule has 2 atom stereocenters. The van der Waals surface area contributed by atoms with Crippen LogP contribution in [-0.2, 0) is 6.42 Å². The van der Waals surface area contributed by atoms with Crippen LogP contribution in [0.3, 0.4) is 0 Å². The number of rotatable bonds is 4. The molecule has 1 aliphatic carbocycles. The first-order valence-electron chi connectivity index (χ1n) is 6.99. The van der Waals surface area contributed by atoms with Gasteiger partial charge in [-0.25, -0.2) is 10.4 Å². The molecule has 23 heavy (non-hydrogen) atoms. The van der Waals surface area contributed by atoms with Gasteiger partial charge >= 0.3 is 0 Å². The predicted octanol–water partition coefficient (Wildman–Crippen LogP) is 0.174. The Kier molecular flexibility index (Phi) is 4.09. The first-order valence-corrected chi connectivity index (χ1v) is 6.99. The van der Waals surface area contributed by atoms with Gasteiger partial charge in [0.25, 0.3) is 0 Å². The molecule has 2 unspecified atom stereocenters. The number of aryl methyl sites for hydroxylation is 1. The van der Waals surface area contributed by atoms with Gasteiger partial charge in [-0.3, -0.25) is 5.43 Å². The first kappa shape index (κ1) is 15.6. The molecular weight excluding hydrogens is 300 g/mol. The number of hydrogen-bond donors (Lipinski definition) is 5. The van der Waals surface area contributed by atoms with Crippen molar-refractivity contribution in [3.63, 3.8) is 0 Å². The fraction of sp³-hybridized carbons (Fsp3) is 0.133. The summed E-state index contributed by atoms with van der Waals surface area (Å²) in [7, 11) is 0. The highest BCUT2D eigenvalue weighted by molar-refractivity contribution is 6.11. The number of benzene rings is 2. The van der Waals surface area contributed by atoms with Gasteiger partial charge in [0, 0.05) is 18.1 Å². The second kappa shape index (κ2) is 6.05. The molecule has 2 aromatic carbocycles. The van der Waals surface area contributed by atoms with Gasteiger partial charge in [0.15, 0.2) is 11.4 Å². The zero-order valence-corrected chi connectivity index (χ0v) is 12.3. The minimum absolute atomic E-state index is 0.0785. The van der Waals surface area contributed by atoms with Gasteiger partial charge in [0.1, 0.15) is 5.69 Å². The molecule has 0 amide bonds. The van der Waals surface area contributed by atoms with Gasteiger partial charge in [-0.1, -0.05) is 18.2 Å². The van der Waals surface area contributed by atoms with E-state index in [0.717, 1.165) is 23.8 Å². The van der Waals surface area contributed by atoms with Crippen LogP contribution in [-0.4, -0.2) is 16.1 Å². The zero-order valence-electron chi connectivity index (χ0n) is 12.3. The molecule has 5 N–H and O–H groups in total. The van der Waals surface area contributed by atoms with E-state index in [1.54, 1.807) is 0 Å². The highest BCUT2D eigenvalue weighted by Gasteiger charge is 2.23. The molecule has 0 spiro atoms. The standard InChI is InChI=1S/C15H16N4O4/c1-9-3-2-4-11-12(9)8-14(11)17-16-13-6-5-10(18(20)21)7-15(13)19(22)23/h2-7,16,18-20,22H,8H2,1H3. The summed E-state index contributed by atoms with van der Waals surface area (Å²) in [6.07, 6.45) is 0.727. The van der Waals surface area contributed by atoms with E-state index in [-0.39, 0.29) is 17.1 Å². The van der Waals surface area contributed by atoms with Gasteiger partial charge in [0.05, 0.1) is 11.8 Å². The van der Waals surface area contributed by atoms with Crippen molar-refractivity contribution in [2.45, 2.75) is 13.3 Å². The lowest BCUT2D eigenvalue weighted by atomic mass is 9.83. The Labute approximate surface area is 132 Å². The first-order chi connectivity index (χ1) is 11.0. The molecular formula is C15H16N4O4. The average molecular weight is 316 g/mol. The number of fused-ring (bicyclic) bond motifs is 1. The Morgan fingerprint density at radius 2 is 1.91 bits per heavy atom. The molecule has 8 nitrogen and oxygen atoms in total. The SMILES string of the molecule is Cc1cccc2c1CC2=NNc1ccc([NH+]([O-])O)cc1[NH+]([O-])O. The minimum Gasteiger partial charge on any atom is -0.595 e. The molecule has 0 saturated carbocycles. The quantitative estimate of drug-likeness (QED) is 0.515. The molecule has 120 valence electrons. The minimum atomic E-state index is -1.21. The van der Waals surface area contributed by atoms with Crippen molar-refractivity contribution in [2.24, 2.45) is 5.10 Å². The van der Waals surface area contributed by atoms with Crippen molar-refractivity contribution in [3.8, 4) is 0 Å². The molecule has 0 aliphatic heterocycles. The van der Waals surface area contributed by atoms with E-state index < -0.39 is 10.5 Å². The fourth-order valence-corrected chi connectivity index (χ4v) is 2.54. The topological polar surface area (TPSA) is 120 Å². The highest BCUT2D eigenvalue weighted by atomic mass is 16.8. The van der Waals surface area contributed by atoms with Crippen molar-refractivity contribution in [1.82, 2.24) is 0 Å². The van der Waals surface area contributed by atoms with E-state index in [1.165, 1.54) is 23.3 Å². The summed E-state index contributed by atoms with van der Waals surface area (Å²) in [4.78, 5) is 0. The maximum absolute atomic E-state index is 11.3. The number of quaternary nitrogens is 2. The molecule has 0 bridgehead atoms. The average Bonchev–Trinajstić information content (AvgIpc) is 2.49. The number of hydrogen-bond acceptors (Lipinski definition) is 6. The van der Waals surface area contributed by atoms with Crippen LogP contribution in [0.1, 0.15) is 16.7 Å². The van der Waals surface area contributed by atoms with Crippen molar-refractivity contribution in [1.29, 1.82) is 0 Å². The Bertz CT molecular complexity index is 774. The van der Waals surface area contributed by atoms with Gasteiger partial charge in [-0.15, -0.1) is 0 Å². The number of anilines is 1. The normalized spacial score (nSPS) is 17.3. The molecule has 0 heterocycles. The Morgan fingerprint density at radius 1 is 1.13 bits per heavy atom. The van der Waals surface area contributed by atoms with Gasteiger partial charge < -0.3 is 10.4 Å². The Balaban J connectivity index is 1.85. The largest absolute Gasteiger partial charge is 0.595 e. The summed E-state index contributed by atoms with van der Waals surface area (Å²) in [6, 6.07) is 9.83. The van der Waals surface area contributed by atoms with E-state index >= 15 is 0 Å². The molecule has 2 aromatic rings. The monoisotopic (exact) mass is 316 g/mol. The van der Waals surface area contributed by atoms with Crippen molar-refractivity contribution >= 4 is 22.8 Å². The van der Waals surface area contributed by atoms with Crippen molar-refractivity contribution in [2.75, 3.05) is 5.43 Å². The van der Waals surface area contributed by atoms with Crippen LogP contribution in [0.15, 0.2) is 41.5 Å². The van der Waals surface area contributed by atoms with Gasteiger partial charge in [0.2, 0.25) is 0 Å². The van der Waals surface area contributed by atoms with E-state index in [0.29, 0.717) is 0 Å². The second-order valence-corrected chi connectivity index (χ2v) is 5.32. The summed E-state index contributed by atoms with van der Waals surface area (Å²) < 4.78 is 0. The molecule has 0 fully saturated rings. The third-order valence-corrected chi connectivity index (χ3v) is 3.87. The smallest absolute Gasteiger partial charge is 0.195 e. The van der Waals surface area contributed by atoms with Crippen LogP contribution in [0.2, 0.25) is 0 Å². The third-order valence-electron chi connectivity index (χ3n) is 3.87. The maximum Gasteiger partial charge on any atom is 0.195 e. The second-order valence-electron chi connectivity index (χ2n) is 5.32. The van der Waals surface area contributed by atoms with Crippen molar-refractivity contribution in [3.05, 3.63) is 63.5 Å². The summed E-state index contributed by atoms with van der Waals surface area (Å²) in [5.41, 5.74) is 7.14. The molecule has 1 aliphatic rings. The van der Waals surface area contributed by atoms with Crippen LogP contribution in [0.25, 0.3) is 0 Å². The van der Waals surface area contributed by atoms with Crippen LogP contribution in [0.5, 0.6) is 0 Å². The van der Waals surface area contributed by atoms with Crippen LogP contribution >= 0.6 is 0 Å². The lowest BCUT2D eigenvalue weighted by molar-refractivity contribution is -0.996. The predicted molar refractivity (Wildman–Crippen MR) is 83.0 cm³/mol. The van der Waals surface area contributed by atoms with Crippen LogP contribution in [0.4, 0.5) is 17.1 Å². The number of hydrazone groups is 1. The Morgan fingerprint density at radius 3 is 2.61 bits per heavy atom. The zero-order chi connectivity index (χ0) is 16.6. The third kappa shape index (κ3) is 2.94. The Hall–Kier alpha value is -2.33. The van der Waals surface area contributed by atoms with Gasteiger partial charge in [-0.2, -0.15) is 15.6 Å². The molecule has 0 saturated heterocycles. The highest BCUT2D eigenvalue weighted by Crippen LogP contribution is 2.27. The molecule has 3 rings (SSSR count). The number of nitrogens with one attached hydrogen (secondary N) is 3. The summed E-state index contributed by atoms with van der Waals surface area (Å²) in [6.45, 7) is 2.04. The van der Waals surface area contributed by atoms with Crippen molar-refractivity contribution < 1.29 is 20.9 Å². The maximum atomic E-state index is 11.3. The van der Waals surface area contributed by atoms with E-state index in [2.05, 4.69) is 10.5 Å². The lowest BCUT2D eigenvalue weighted by Gasteiger charge is -2.24. The van der Waals surface area contributed by atoms with Crippen LogP contribution in [0, 0.1) is 17.3 Å². The summed E-state index contributed by atoms with van der Waals surface area (Å²) in [5.74, 6) is 0. The van der Waals surface area contributed by atoms with Crippen LogP contribution < -0.4 is 15.9 Å². The fourth-order valence-electron chi connectivity index (χ4n) is 2.54. The van der Waals surface area contributed by atoms with E-state index in [1.807, 2.05) is 25.1 Å². The summed E-state index contributed by atoms with van der Waals surface area (Å²) >= 11 is 0. The van der Waals surface area contributed by atoms with E-state index in [9.17, 15) is 15.6 Å². The van der Waals surface area contributed by atoms with Gasteiger partial charge in [-0.05, 0) is 24.1 Å².